The van der Waals surface area contributed by atoms with Crippen molar-refractivity contribution in [3.8, 4) is 11.8 Å². The van der Waals surface area contributed by atoms with Crippen LogP contribution in [0.4, 0.5) is 11.4 Å². The number of carbonyl (C=O) groups excluding carboxylic acids is 2. The van der Waals surface area contributed by atoms with Crippen LogP contribution in [0.3, 0.4) is 0 Å². The Kier molecular flexibility index (Phi) is 5.79. The second kappa shape index (κ2) is 8.21. The number of amides is 1. The molecule has 0 saturated carbocycles. The van der Waals surface area contributed by atoms with E-state index in [0.717, 1.165) is 0 Å². The third-order valence-electron chi connectivity index (χ3n) is 3.15. The Bertz CT molecular complexity index is 909. The van der Waals surface area contributed by atoms with Crippen molar-refractivity contribution in [2.75, 3.05) is 5.32 Å². The monoisotopic (exact) mass is 351 g/mol. The SMILES string of the molecule is CC(=O)Oc1ccc(C=C(C#N)C(=O)Nc2ccc([N+](=O)[O-])cc2)cc1. The van der Waals surface area contributed by atoms with Gasteiger partial charge in [0, 0.05) is 24.7 Å². The quantitative estimate of drug-likeness (QED) is 0.221. The van der Waals surface area contributed by atoms with Gasteiger partial charge in [0.2, 0.25) is 0 Å². The number of esters is 1. The molecule has 0 fully saturated rings. The van der Waals surface area contributed by atoms with Gasteiger partial charge in [-0.2, -0.15) is 5.26 Å². The second-order valence-corrected chi connectivity index (χ2v) is 5.09. The number of rotatable bonds is 5. The summed E-state index contributed by atoms with van der Waals surface area (Å²) in [5, 5.41) is 22.3. The van der Waals surface area contributed by atoms with Crippen LogP contribution >= 0.6 is 0 Å². The van der Waals surface area contributed by atoms with Gasteiger partial charge >= 0.3 is 5.97 Å². The van der Waals surface area contributed by atoms with Crippen LogP contribution in [-0.4, -0.2) is 16.8 Å². The van der Waals surface area contributed by atoms with Crippen molar-refractivity contribution in [1.29, 1.82) is 5.26 Å². The van der Waals surface area contributed by atoms with Crippen LogP contribution in [0.25, 0.3) is 6.08 Å². The highest BCUT2D eigenvalue weighted by Crippen LogP contribution is 2.18. The summed E-state index contributed by atoms with van der Waals surface area (Å²) < 4.78 is 4.90. The minimum Gasteiger partial charge on any atom is -0.427 e. The molecule has 1 amide bonds. The Balaban J connectivity index is 2.12. The lowest BCUT2D eigenvalue weighted by atomic mass is 10.1. The van der Waals surface area contributed by atoms with E-state index < -0.39 is 16.8 Å². The average molecular weight is 351 g/mol. The number of non-ortho nitro benzene ring substituents is 1. The molecular weight excluding hydrogens is 338 g/mol. The third kappa shape index (κ3) is 5.01. The van der Waals surface area contributed by atoms with Gasteiger partial charge in [0.15, 0.2) is 0 Å². The molecule has 0 radical (unpaired) electrons. The van der Waals surface area contributed by atoms with Crippen LogP contribution in [0.15, 0.2) is 54.1 Å². The van der Waals surface area contributed by atoms with Gasteiger partial charge in [-0.25, -0.2) is 0 Å². The summed E-state index contributed by atoms with van der Waals surface area (Å²) in [6.45, 7) is 1.28. The van der Waals surface area contributed by atoms with E-state index in [2.05, 4.69) is 5.32 Å². The Morgan fingerprint density at radius 2 is 1.77 bits per heavy atom. The van der Waals surface area contributed by atoms with Gasteiger partial charge in [0.05, 0.1) is 4.92 Å². The Labute approximate surface area is 148 Å². The first-order chi connectivity index (χ1) is 12.4. The summed E-state index contributed by atoms with van der Waals surface area (Å²) in [5.41, 5.74) is 0.638. The largest absolute Gasteiger partial charge is 0.427 e. The molecular formula is C18H13N3O5. The number of benzene rings is 2. The number of nitriles is 1. The smallest absolute Gasteiger partial charge is 0.308 e. The first kappa shape index (κ1) is 18.4. The van der Waals surface area contributed by atoms with Crippen LogP contribution in [0.1, 0.15) is 12.5 Å². The number of nitrogens with zero attached hydrogens (tertiary/aromatic N) is 2. The molecule has 2 aromatic carbocycles. The maximum atomic E-state index is 12.2. The number of anilines is 1. The average Bonchev–Trinajstić information content (AvgIpc) is 2.61. The molecule has 130 valence electrons. The number of hydrogen-bond acceptors (Lipinski definition) is 6. The first-order valence-corrected chi connectivity index (χ1v) is 7.35. The second-order valence-electron chi connectivity index (χ2n) is 5.09. The molecule has 26 heavy (non-hydrogen) atoms. The molecule has 0 aliphatic rings. The third-order valence-corrected chi connectivity index (χ3v) is 3.15. The van der Waals surface area contributed by atoms with Crippen molar-refractivity contribution >= 4 is 29.3 Å². The van der Waals surface area contributed by atoms with Crippen molar-refractivity contribution in [2.45, 2.75) is 6.92 Å². The molecule has 0 aliphatic heterocycles. The molecule has 8 nitrogen and oxygen atoms in total. The maximum Gasteiger partial charge on any atom is 0.308 e. The van der Waals surface area contributed by atoms with Crippen molar-refractivity contribution in [3.05, 3.63) is 69.8 Å². The molecule has 0 unspecified atom stereocenters. The molecule has 2 aromatic rings. The molecule has 1 N–H and O–H groups in total. The molecule has 0 atom stereocenters. The van der Waals surface area contributed by atoms with Crippen LogP contribution in [-0.2, 0) is 9.59 Å². The molecule has 0 bridgehead atoms. The summed E-state index contributed by atoms with van der Waals surface area (Å²) in [6, 6.07) is 13.3. The van der Waals surface area contributed by atoms with Crippen molar-refractivity contribution < 1.29 is 19.2 Å². The van der Waals surface area contributed by atoms with E-state index in [4.69, 9.17) is 4.74 Å². The highest BCUT2D eigenvalue weighted by Gasteiger charge is 2.11. The zero-order valence-corrected chi connectivity index (χ0v) is 13.6. The van der Waals surface area contributed by atoms with E-state index >= 15 is 0 Å². The van der Waals surface area contributed by atoms with Gasteiger partial charge in [0.25, 0.3) is 11.6 Å². The van der Waals surface area contributed by atoms with Gasteiger partial charge in [0.1, 0.15) is 17.4 Å². The maximum absolute atomic E-state index is 12.2. The van der Waals surface area contributed by atoms with Crippen LogP contribution in [0.2, 0.25) is 0 Å². The van der Waals surface area contributed by atoms with E-state index in [1.165, 1.54) is 49.4 Å². The fourth-order valence-electron chi connectivity index (χ4n) is 1.98. The van der Waals surface area contributed by atoms with Crippen LogP contribution in [0.5, 0.6) is 5.75 Å². The number of nitrogens with one attached hydrogen (secondary N) is 1. The first-order valence-electron chi connectivity index (χ1n) is 7.35. The summed E-state index contributed by atoms with van der Waals surface area (Å²) in [7, 11) is 0. The highest BCUT2D eigenvalue weighted by atomic mass is 16.6. The summed E-state index contributed by atoms with van der Waals surface area (Å²) >= 11 is 0. The minimum absolute atomic E-state index is 0.105. The number of nitro groups is 1. The molecule has 0 heterocycles. The van der Waals surface area contributed by atoms with Gasteiger partial charge in [-0.1, -0.05) is 12.1 Å². The summed E-state index contributed by atoms with van der Waals surface area (Å²) in [5.74, 6) is -0.748. The minimum atomic E-state index is -0.648. The number of ether oxygens (including phenoxy) is 1. The Morgan fingerprint density at radius 1 is 1.15 bits per heavy atom. The highest BCUT2D eigenvalue weighted by molar-refractivity contribution is 6.09. The lowest BCUT2D eigenvalue weighted by Gasteiger charge is -2.04. The predicted molar refractivity (Wildman–Crippen MR) is 93.1 cm³/mol. The van der Waals surface area contributed by atoms with Crippen LogP contribution in [0, 0.1) is 21.4 Å². The molecule has 8 heteroatoms. The topological polar surface area (TPSA) is 122 Å². The lowest BCUT2D eigenvalue weighted by molar-refractivity contribution is -0.384. The van der Waals surface area contributed by atoms with Crippen molar-refractivity contribution in [2.24, 2.45) is 0 Å². The Hall–Kier alpha value is -3.99. The Morgan fingerprint density at radius 3 is 2.27 bits per heavy atom. The summed E-state index contributed by atoms with van der Waals surface area (Å²) in [4.78, 5) is 33.1. The molecule has 0 aliphatic carbocycles. The predicted octanol–water partition coefficient (Wildman–Crippen LogP) is 3.07. The van der Waals surface area contributed by atoms with Gasteiger partial charge in [-0.3, -0.25) is 19.7 Å². The fourth-order valence-corrected chi connectivity index (χ4v) is 1.98. The van der Waals surface area contributed by atoms with Crippen LogP contribution < -0.4 is 10.1 Å². The fraction of sp³-hybridized carbons (Fsp3) is 0.0556. The number of carbonyl (C=O) groups is 2. The lowest BCUT2D eigenvalue weighted by Crippen LogP contribution is -2.13. The van der Waals surface area contributed by atoms with Crippen molar-refractivity contribution in [1.82, 2.24) is 0 Å². The van der Waals surface area contributed by atoms with Crippen molar-refractivity contribution in [3.63, 3.8) is 0 Å². The van der Waals surface area contributed by atoms with E-state index in [-0.39, 0.29) is 11.3 Å². The zero-order chi connectivity index (χ0) is 19.1. The van der Waals surface area contributed by atoms with E-state index in [0.29, 0.717) is 17.0 Å². The van der Waals surface area contributed by atoms with Gasteiger partial charge in [-0.05, 0) is 35.9 Å². The van der Waals surface area contributed by atoms with E-state index in [1.807, 2.05) is 0 Å². The molecule has 0 spiro atoms. The molecule has 0 aromatic heterocycles. The normalized spacial score (nSPS) is 10.5. The van der Waals surface area contributed by atoms with E-state index in [1.54, 1.807) is 18.2 Å². The summed E-state index contributed by atoms with van der Waals surface area (Å²) in [6.07, 6.45) is 1.37. The van der Waals surface area contributed by atoms with Gasteiger partial charge < -0.3 is 10.1 Å². The van der Waals surface area contributed by atoms with E-state index in [9.17, 15) is 25.0 Å². The standard InChI is InChI=1S/C18H13N3O5/c1-12(22)26-17-8-2-13(3-9-17)10-14(11-19)18(23)20-15-4-6-16(7-5-15)21(24)25/h2-10H,1H3,(H,20,23). The van der Waals surface area contributed by atoms with Gasteiger partial charge in [-0.15, -0.1) is 0 Å². The number of hydrogen-bond donors (Lipinski definition) is 1. The zero-order valence-electron chi connectivity index (χ0n) is 13.6. The molecule has 2 rings (SSSR count). The number of nitro benzene ring substituents is 1. The molecule has 0 saturated heterocycles.